The molecule has 2 atom stereocenters. The molecule has 1 heterocycles. The molecule has 2 unspecified atom stereocenters. The zero-order valence-corrected chi connectivity index (χ0v) is 11.6. The van der Waals surface area contributed by atoms with Gasteiger partial charge in [-0.2, -0.15) is 0 Å². The van der Waals surface area contributed by atoms with E-state index in [4.69, 9.17) is 4.74 Å². The lowest BCUT2D eigenvalue weighted by molar-refractivity contribution is 0.0929. The van der Waals surface area contributed by atoms with Crippen LogP contribution in [0.15, 0.2) is 40.9 Å². The van der Waals surface area contributed by atoms with Crippen molar-refractivity contribution in [3.8, 4) is 0 Å². The Labute approximate surface area is 115 Å². The largest absolute Gasteiger partial charge is 0.388 e. The zero-order chi connectivity index (χ0) is 12.5. The molecule has 0 spiro atoms. The third kappa shape index (κ3) is 2.07. The van der Waals surface area contributed by atoms with Crippen LogP contribution in [-0.2, 0) is 4.74 Å². The number of hydrogen-bond donors (Lipinski definition) is 1. The molecule has 1 aliphatic heterocycles. The third-order valence-corrected chi connectivity index (χ3v) is 4.33. The smallest absolute Gasteiger partial charge is 0.0847 e. The van der Waals surface area contributed by atoms with Crippen LogP contribution in [0.2, 0.25) is 0 Å². The molecule has 0 aromatic heterocycles. The highest BCUT2D eigenvalue weighted by Gasteiger charge is 2.26. The second-order valence-electron chi connectivity index (χ2n) is 4.75. The van der Waals surface area contributed by atoms with Crippen molar-refractivity contribution >= 4 is 26.7 Å². The van der Waals surface area contributed by atoms with Gasteiger partial charge < -0.3 is 9.84 Å². The van der Waals surface area contributed by atoms with Gasteiger partial charge in [-0.05, 0) is 28.8 Å². The van der Waals surface area contributed by atoms with Gasteiger partial charge in [-0.3, -0.25) is 0 Å². The molecule has 0 amide bonds. The van der Waals surface area contributed by atoms with E-state index < -0.39 is 6.10 Å². The van der Waals surface area contributed by atoms with Gasteiger partial charge in [0.05, 0.1) is 12.7 Å². The lowest BCUT2D eigenvalue weighted by Gasteiger charge is -2.19. The van der Waals surface area contributed by atoms with Crippen molar-refractivity contribution in [2.75, 3.05) is 13.2 Å². The maximum absolute atomic E-state index is 10.5. The molecule has 3 rings (SSSR count). The maximum atomic E-state index is 10.5. The highest BCUT2D eigenvalue weighted by molar-refractivity contribution is 9.10. The number of ether oxygens (including phenoxy) is 1. The van der Waals surface area contributed by atoms with Crippen LogP contribution in [0.25, 0.3) is 10.8 Å². The Balaban J connectivity index is 2.08. The van der Waals surface area contributed by atoms with Crippen LogP contribution >= 0.6 is 15.9 Å². The van der Waals surface area contributed by atoms with Crippen molar-refractivity contribution in [1.29, 1.82) is 0 Å². The standard InChI is InChI=1S/C15H15BrO2/c16-14-6-5-13(11-3-1-2-4-12(11)14)15(17)10-7-8-18-9-10/h1-6,10,15,17H,7-9H2. The van der Waals surface area contributed by atoms with Gasteiger partial charge in [0.15, 0.2) is 0 Å². The molecule has 18 heavy (non-hydrogen) atoms. The Bertz CT molecular complexity index is 561. The van der Waals surface area contributed by atoms with Gasteiger partial charge >= 0.3 is 0 Å². The molecule has 1 fully saturated rings. The van der Waals surface area contributed by atoms with Crippen molar-refractivity contribution in [2.24, 2.45) is 5.92 Å². The molecule has 0 aliphatic carbocycles. The number of aliphatic hydroxyl groups excluding tert-OH is 1. The average molecular weight is 307 g/mol. The van der Waals surface area contributed by atoms with Crippen molar-refractivity contribution in [3.05, 3.63) is 46.4 Å². The van der Waals surface area contributed by atoms with Crippen LogP contribution in [0.1, 0.15) is 18.1 Å². The fourth-order valence-corrected chi connectivity index (χ4v) is 3.08. The fraction of sp³-hybridized carbons (Fsp3) is 0.333. The summed E-state index contributed by atoms with van der Waals surface area (Å²) in [5, 5.41) is 12.8. The van der Waals surface area contributed by atoms with Crippen LogP contribution in [0.4, 0.5) is 0 Å². The number of halogens is 1. The van der Waals surface area contributed by atoms with Crippen LogP contribution in [-0.4, -0.2) is 18.3 Å². The number of aliphatic hydroxyl groups is 1. The van der Waals surface area contributed by atoms with E-state index in [0.717, 1.165) is 33.8 Å². The number of hydrogen-bond acceptors (Lipinski definition) is 2. The van der Waals surface area contributed by atoms with Crippen LogP contribution in [0, 0.1) is 5.92 Å². The first-order chi connectivity index (χ1) is 8.77. The summed E-state index contributed by atoms with van der Waals surface area (Å²) in [6, 6.07) is 12.2. The fourth-order valence-electron chi connectivity index (χ4n) is 2.60. The van der Waals surface area contributed by atoms with Crippen molar-refractivity contribution < 1.29 is 9.84 Å². The Morgan fingerprint density at radius 1 is 1.17 bits per heavy atom. The summed E-state index contributed by atoms with van der Waals surface area (Å²) in [6.07, 6.45) is 0.497. The molecule has 1 aliphatic rings. The number of rotatable bonds is 2. The van der Waals surface area contributed by atoms with Crippen LogP contribution < -0.4 is 0 Å². The summed E-state index contributed by atoms with van der Waals surface area (Å²) in [5.41, 5.74) is 1.00. The van der Waals surface area contributed by atoms with E-state index in [1.54, 1.807) is 0 Å². The van der Waals surface area contributed by atoms with Gasteiger partial charge in [0.2, 0.25) is 0 Å². The van der Waals surface area contributed by atoms with E-state index in [1.165, 1.54) is 0 Å². The Morgan fingerprint density at radius 2 is 1.94 bits per heavy atom. The maximum Gasteiger partial charge on any atom is 0.0847 e. The van der Waals surface area contributed by atoms with E-state index in [-0.39, 0.29) is 5.92 Å². The SMILES string of the molecule is OC(c1ccc(Br)c2ccccc12)C1CCOC1. The average Bonchev–Trinajstić information content (AvgIpc) is 2.93. The highest BCUT2D eigenvalue weighted by Crippen LogP contribution is 2.35. The van der Waals surface area contributed by atoms with Gasteiger partial charge in [-0.25, -0.2) is 0 Å². The summed E-state index contributed by atoms with van der Waals surface area (Å²) in [5.74, 6) is 0.217. The summed E-state index contributed by atoms with van der Waals surface area (Å²) in [4.78, 5) is 0. The Kier molecular flexibility index (Phi) is 3.37. The van der Waals surface area contributed by atoms with Gasteiger partial charge in [0, 0.05) is 17.0 Å². The predicted molar refractivity (Wildman–Crippen MR) is 75.5 cm³/mol. The minimum absolute atomic E-state index is 0.217. The van der Waals surface area contributed by atoms with E-state index in [0.29, 0.717) is 6.61 Å². The molecule has 0 saturated carbocycles. The first-order valence-electron chi connectivity index (χ1n) is 6.20. The van der Waals surface area contributed by atoms with Gasteiger partial charge in [0.1, 0.15) is 0 Å². The normalized spacial score (nSPS) is 21.3. The van der Waals surface area contributed by atoms with Crippen LogP contribution in [0.5, 0.6) is 0 Å². The quantitative estimate of drug-likeness (QED) is 0.917. The van der Waals surface area contributed by atoms with Gasteiger partial charge in [-0.1, -0.05) is 46.3 Å². The van der Waals surface area contributed by atoms with Crippen molar-refractivity contribution in [3.63, 3.8) is 0 Å². The lowest BCUT2D eigenvalue weighted by atomic mass is 9.91. The van der Waals surface area contributed by atoms with Gasteiger partial charge in [-0.15, -0.1) is 0 Å². The van der Waals surface area contributed by atoms with Crippen LogP contribution in [0.3, 0.4) is 0 Å². The first-order valence-corrected chi connectivity index (χ1v) is 6.99. The van der Waals surface area contributed by atoms with Gasteiger partial charge in [0.25, 0.3) is 0 Å². The molecule has 2 aromatic carbocycles. The summed E-state index contributed by atoms with van der Waals surface area (Å²) in [6.45, 7) is 1.42. The minimum Gasteiger partial charge on any atom is -0.388 e. The summed E-state index contributed by atoms with van der Waals surface area (Å²) >= 11 is 3.56. The zero-order valence-electron chi connectivity index (χ0n) is 9.97. The first kappa shape index (κ1) is 12.2. The molecular weight excluding hydrogens is 292 g/mol. The molecule has 1 N–H and O–H groups in total. The van der Waals surface area contributed by atoms with E-state index in [9.17, 15) is 5.11 Å². The molecule has 2 nitrogen and oxygen atoms in total. The number of fused-ring (bicyclic) bond motifs is 1. The topological polar surface area (TPSA) is 29.5 Å². The molecule has 0 radical (unpaired) electrons. The number of benzene rings is 2. The highest BCUT2D eigenvalue weighted by atomic mass is 79.9. The summed E-state index contributed by atoms with van der Waals surface area (Å²) in [7, 11) is 0. The monoisotopic (exact) mass is 306 g/mol. The van der Waals surface area contributed by atoms with Crippen molar-refractivity contribution in [2.45, 2.75) is 12.5 Å². The predicted octanol–water partition coefficient (Wildman–Crippen LogP) is 3.67. The summed E-state index contributed by atoms with van der Waals surface area (Å²) < 4.78 is 6.43. The molecule has 0 bridgehead atoms. The van der Waals surface area contributed by atoms with Crippen molar-refractivity contribution in [1.82, 2.24) is 0 Å². The molecule has 2 aromatic rings. The lowest BCUT2D eigenvalue weighted by Crippen LogP contribution is -2.12. The minimum atomic E-state index is -0.439. The molecule has 94 valence electrons. The molecular formula is C15H15BrO2. The second kappa shape index (κ2) is 5.00. The second-order valence-corrected chi connectivity index (χ2v) is 5.61. The van der Waals surface area contributed by atoms with E-state index in [2.05, 4.69) is 28.1 Å². The Morgan fingerprint density at radius 3 is 2.67 bits per heavy atom. The Hall–Kier alpha value is -0.900. The molecule has 3 heteroatoms. The van der Waals surface area contributed by atoms with E-state index in [1.807, 2.05) is 24.3 Å². The van der Waals surface area contributed by atoms with E-state index >= 15 is 0 Å². The third-order valence-electron chi connectivity index (χ3n) is 3.63. The molecule has 1 saturated heterocycles.